The molecule has 1 aromatic heterocycles. The van der Waals surface area contributed by atoms with E-state index in [0.717, 1.165) is 0 Å². The Hall–Kier alpha value is 0.314. The van der Waals surface area contributed by atoms with Gasteiger partial charge >= 0.3 is 0 Å². The third-order valence-corrected chi connectivity index (χ3v) is 0.406. The number of H-pyrrole nitrogens is 1. The molecule has 0 amide bonds. The van der Waals surface area contributed by atoms with Crippen LogP contribution in [0.3, 0.4) is 0 Å². The molecule has 1 N–H and O–H groups in total. The predicted molar refractivity (Wildman–Crippen MR) is 59.0 cm³/mol. The molecule has 0 fully saturated rings. The second-order valence-electron chi connectivity index (χ2n) is 0.766. The number of hydrogen-bond donors (Lipinski definition) is 1. The minimum atomic E-state index is 0. The van der Waals surface area contributed by atoms with Crippen molar-refractivity contribution in [3.63, 3.8) is 0 Å². The van der Waals surface area contributed by atoms with E-state index in [9.17, 15) is 0 Å². The van der Waals surface area contributed by atoms with Crippen LogP contribution in [0.25, 0.3) is 0 Å². The largest absolute Gasteiger partial charge is 0.358 e. The van der Waals surface area contributed by atoms with E-state index in [1.54, 1.807) is 12.4 Å². The normalized spacial score (nSPS) is 4.46. The fraction of sp³-hybridized carbons (Fsp3) is 0.600. The van der Waals surface area contributed by atoms with Gasteiger partial charge in [-0.25, -0.2) is 0 Å². The van der Waals surface area contributed by atoms with E-state index in [2.05, 4.69) is 10.2 Å². The molecule has 0 unspecified atom stereocenters. The summed E-state index contributed by atoms with van der Waals surface area (Å²) in [5.41, 5.74) is 0. The van der Waals surface area contributed by atoms with Crippen molar-refractivity contribution in [2.75, 3.05) is 0 Å². The Morgan fingerprint density at radius 1 is 0.923 bits per heavy atom. The van der Waals surface area contributed by atoms with E-state index >= 15 is 0 Å². The summed E-state index contributed by atoms with van der Waals surface area (Å²) in [5, 5.41) is 6.21. The Kier molecular flexibility index (Phi) is 125. The Morgan fingerprint density at radius 3 is 1.38 bits per heavy atom. The van der Waals surface area contributed by atoms with Gasteiger partial charge in [-0.3, -0.25) is 5.10 Å². The third kappa shape index (κ3) is 46.4. The average Bonchev–Trinajstić information content (AvgIpc) is 2.71. The molecule has 0 spiro atoms. The molecule has 0 aliphatic heterocycles. The van der Waals surface area contributed by atoms with Crippen LogP contribution < -0.4 is 0 Å². The number of nitrogens with zero attached hydrogens (tertiary/aromatic N) is 1. The first-order valence-electron chi connectivity index (χ1n) is 4.44. The van der Waals surface area contributed by atoms with Crippen LogP contribution in [0.15, 0.2) is 18.5 Å². The van der Waals surface area contributed by atoms with Crippen LogP contribution in [-0.2, 0) is 32.7 Å². The first-order chi connectivity index (χ1) is 5.50. The van der Waals surface area contributed by atoms with Gasteiger partial charge in [0.15, 0.2) is 0 Å². The first-order valence-corrected chi connectivity index (χ1v) is 4.44. The summed E-state index contributed by atoms with van der Waals surface area (Å²) in [7, 11) is 0. The Bertz CT molecular complexity index is 69.4. The fourth-order valence-electron chi connectivity index (χ4n) is 0.215. The minimum absolute atomic E-state index is 0. The molecule has 1 heterocycles. The molecule has 0 bridgehead atoms. The zero-order valence-corrected chi connectivity index (χ0v) is 13.1. The molecule has 0 saturated heterocycles. The maximum atomic E-state index is 3.60. The van der Waals surface area contributed by atoms with Crippen LogP contribution >= 0.6 is 0 Å². The zero-order valence-electron chi connectivity index (χ0n) is 10.3. The molecular formula is C10H25N2Y-. The fourth-order valence-corrected chi connectivity index (χ4v) is 0.215. The van der Waals surface area contributed by atoms with Gasteiger partial charge < -0.3 is 7.43 Å². The third-order valence-electron chi connectivity index (χ3n) is 0.406. The van der Waals surface area contributed by atoms with Crippen molar-refractivity contribution < 1.29 is 32.7 Å². The Morgan fingerprint density at radius 2 is 1.31 bits per heavy atom. The Labute approximate surface area is 110 Å². The van der Waals surface area contributed by atoms with Crippen LogP contribution in [0.1, 0.15) is 41.5 Å². The van der Waals surface area contributed by atoms with Gasteiger partial charge in [-0.2, -0.15) is 5.10 Å². The molecule has 0 aliphatic carbocycles. The molecule has 1 radical (unpaired) electrons. The maximum absolute atomic E-state index is 3.60. The number of aromatic amines is 1. The van der Waals surface area contributed by atoms with Crippen molar-refractivity contribution in [3.8, 4) is 0 Å². The summed E-state index contributed by atoms with van der Waals surface area (Å²) in [6.07, 6.45) is 3.46. The molecule has 0 aromatic carbocycles. The standard InChI is InChI=1S/C3H4N2.3C2H6.CH3.Y/c1-2-4-5-3-1;3*1-2;;/h1-3H,(H,4,5);3*1-2H3;1H3;/q;;;;-1;. The van der Waals surface area contributed by atoms with Gasteiger partial charge in [-0.05, 0) is 6.07 Å². The van der Waals surface area contributed by atoms with E-state index in [-0.39, 0.29) is 40.1 Å². The van der Waals surface area contributed by atoms with Gasteiger partial charge in [0.05, 0.1) is 0 Å². The van der Waals surface area contributed by atoms with Crippen LogP contribution in [-0.4, -0.2) is 10.2 Å². The summed E-state index contributed by atoms with van der Waals surface area (Å²) >= 11 is 0. The van der Waals surface area contributed by atoms with Crippen LogP contribution in [0.2, 0.25) is 0 Å². The van der Waals surface area contributed by atoms with Crippen LogP contribution in [0.5, 0.6) is 0 Å². The molecule has 2 nitrogen and oxygen atoms in total. The molecule has 0 saturated carbocycles. The second-order valence-corrected chi connectivity index (χ2v) is 0.766. The summed E-state index contributed by atoms with van der Waals surface area (Å²) in [4.78, 5) is 0. The maximum Gasteiger partial charge on any atom is 0.0487 e. The molecule has 0 atom stereocenters. The molecule has 0 aliphatic rings. The zero-order chi connectivity index (χ0) is 9.54. The second kappa shape index (κ2) is 55.8. The van der Waals surface area contributed by atoms with Gasteiger partial charge in [0, 0.05) is 45.1 Å². The van der Waals surface area contributed by atoms with Crippen molar-refractivity contribution in [1.82, 2.24) is 10.2 Å². The average molecular weight is 262 g/mol. The summed E-state index contributed by atoms with van der Waals surface area (Å²) in [5.74, 6) is 0. The summed E-state index contributed by atoms with van der Waals surface area (Å²) in [6, 6.07) is 1.83. The number of aromatic nitrogens is 2. The van der Waals surface area contributed by atoms with Gasteiger partial charge in [0.2, 0.25) is 0 Å². The summed E-state index contributed by atoms with van der Waals surface area (Å²) in [6.45, 7) is 12.0. The van der Waals surface area contributed by atoms with E-state index in [1.807, 2.05) is 47.6 Å². The number of nitrogens with one attached hydrogen (secondary N) is 1. The van der Waals surface area contributed by atoms with Crippen molar-refractivity contribution >= 4 is 0 Å². The quantitative estimate of drug-likeness (QED) is 0.705. The minimum Gasteiger partial charge on any atom is -0.358 e. The molecule has 1 aromatic rings. The Balaban J connectivity index is -0.0000000239. The van der Waals surface area contributed by atoms with E-state index in [4.69, 9.17) is 0 Å². The summed E-state index contributed by atoms with van der Waals surface area (Å²) < 4.78 is 0. The van der Waals surface area contributed by atoms with E-state index in [1.165, 1.54) is 0 Å². The van der Waals surface area contributed by atoms with Gasteiger partial charge in [0.1, 0.15) is 0 Å². The van der Waals surface area contributed by atoms with E-state index in [0.29, 0.717) is 0 Å². The predicted octanol–water partition coefficient (Wildman–Crippen LogP) is 3.94. The van der Waals surface area contributed by atoms with Crippen LogP contribution in [0, 0.1) is 7.43 Å². The number of hydrogen-bond acceptors (Lipinski definition) is 1. The topological polar surface area (TPSA) is 28.7 Å². The monoisotopic (exact) mass is 262 g/mol. The van der Waals surface area contributed by atoms with Gasteiger partial charge in [-0.15, -0.1) is 0 Å². The van der Waals surface area contributed by atoms with Crippen molar-refractivity contribution in [3.05, 3.63) is 25.9 Å². The van der Waals surface area contributed by atoms with E-state index < -0.39 is 0 Å². The molecule has 1 rings (SSSR count). The number of rotatable bonds is 0. The molecule has 13 heavy (non-hydrogen) atoms. The molecule has 3 heteroatoms. The van der Waals surface area contributed by atoms with Crippen molar-refractivity contribution in [2.45, 2.75) is 41.5 Å². The first kappa shape index (κ1) is 29.2. The van der Waals surface area contributed by atoms with Crippen molar-refractivity contribution in [2.24, 2.45) is 0 Å². The smallest absolute Gasteiger partial charge is 0.0487 e. The molecular weight excluding hydrogens is 237 g/mol. The molecule has 79 valence electrons. The van der Waals surface area contributed by atoms with Crippen molar-refractivity contribution in [1.29, 1.82) is 0 Å². The SMILES string of the molecule is CC.CC.CC.[CH3-].[Y].c1cn[nH]c1. The van der Waals surface area contributed by atoms with Gasteiger partial charge in [-0.1, -0.05) is 41.5 Å². The van der Waals surface area contributed by atoms with Crippen LogP contribution in [0.4, 0.5) is 0 Å². The van der Waals surface area contributed by atoms with Gasteiger partial charge in [0.25, 0.3) is 0 Å².